The Balaban J connectivity index is 1.84. The van der Waals surface area contributed by atoms with Crippen LogP contribution in [0.25, 0.3) is 0 Å². The van der Waals surface area contributed by atoms with Gasteiger partial charge >= 0.3 is 5.69 Å². The third-order valence-electron chi connectivity index (χ3n) is 3.68. The maximum atomic E-state index is 11.8. The molecule has 20 heavy (non-hydrogen) atoms. The quantitative estimate of drug-likeness (QED) is 0.817. The van der Waals surface area contributed by atoms with Crippen LogP contribution in [-0.4, -0.2) is 29.1 Å². The smallest absolute Gasteiger partial charge is 0.328 e. The molecule has 0 spiro atoms. The van der Waals surface area contributed by atoms with Crippen LogP contribution < -0.4 is 11.2 Å². The van der Waals surface area contributed by atoms with E-state index >= 15 is 0 Å². The summed E-state index contributed by atoms with van der Waals surface area (Å²) in [4.78, 5) is 25.2. The van der Waals surface area contributed by atoms with Crippen molar-refractivity contribution in [1.29, 1.82) is 0 Å². The molecule has 0 amide bonds. The highest BCUT2D eigenvalue weighted by atomic mass is 16.7. The summed E-state index contributed by atoms with van der Waals surface area (Å²) >= 11 is 0. The Bertz CT molecular complexity index is 658. The fourth-order valence-corrected chi connectivity index (χ4v) is 2.77. The lowest BCUT2D eigenvalue weighted by Crippen LogP contribution is -2.30. The van der Waals surface area contributed by atoms with E-state index in [-0.39, 0.29) is 29.5 Å². The van der Waals surface area contributed by atoms with E-state index in [1.54, 1.807) is 6.08 Å². The molecule has 1 fully saturated rings. The van der Waals surface area contributed by atoms with E-state index in [1.165, 1.54) is 16.8 Å². The van der Waals surface area contributed by atoms with E-state index in [0.717, 1.165) is 12.0 Å². The summed E-state index contributed by atoms with van der Waals surface area (Å²) in [7, 11) is 0. The molecule has 0 saturated carbocycles. The first-order valence-electron chi connectivity index (χ1n) is 6.56. The molecule has 1 N–H and O–H groups in total. The predicted molar refractivity (Wildman–Crippen MR) is 72.4 cm³/mol. The molecular weight excluding hydrogens is 260 g/mol. The molecule has 0 bridgehead atoms. The second kappa shape index (κ2) is 5.22. The molecule has 2 aliphatic rings. The summed E-state index contributed by atoms with van der Waals surface area (Å²) < 4.78 is 12.7. The molecule has 6 heteroatoms. The third-order valence-corrected chi connectivity index (χ3v) is 3.68. The second-order valence-corrected chi connectivity index (χ2v) is 4.97. The molecule has 6 nitrogen and oxygen atoms in total. The number of H-pyrrole nitrogens is 1. The monoisotopic (exact) mass is 276 g/mol. The normalized spacial score (nSPS) is 28.2. The van der Waals surface area contributed by atoms with Gasteiger partial charge in [-0.3, -0.25) is 14.3 Å². The number of aromatic amines is 1. The Morgan fingerprint density at radius 3 is 3.15 bits per heavy atom. The minimum absolute atomic E-state index is 0.0573. The van der Waals surface area contributed by atoms with Crippen LogP contribution in [0.2, 0.25) is 0 Å². The van der Waals surface area contributed by atoms with Gasteiger partial charge in [0.2, 0.25) is 0 Å². The molecule has 106 valence electrons. The number of fused-ring (bicyclic) bond motifs is 1. The van der Waals surface area contributed by atoms with E-state index in [4.69, 9.17) is 9.47 Å². The maximum Gasteiger partial charge on any atom is 0.328 e. The number of hydrogen-bond acceptors (Lipinski definition) is 4. The van der Waals surface area contributed by atoms with E-state index < -0.39 is 0 Å². The van der Waals surface area contributed by atoms with Crippen molar-refractivity contribution < 1.29 is 9.47 Å². The van der Waals surface area contributed by atoms with Crippen molar-refractivity contribution in [1.82, 2.24) is 9.55 Å². The molecule has 3 atom stereocenters. The number of hydrogen-bond donors (Lipinski definition) is 1. The summed E-state index contributed by atoms with van der Waals surface area (Å²) in [5.74, 6) is 0.272. The fourth-order valence-electron chi connectivity index (χ4n) is 2.77. The van der Waals surface area contributed by atoms with Gasteiger partial charge in [0.05, 0.1) is 19.3 Å². The van der Waals surface area contributed by atoms with Crippen molar-refractivity contribution in [2.75, 3.05) is 13.2 Å². The highest BCUT2D eigenvalue weighted by Gasteiger charge is 2.38. The third kappa shape index (κ3) is 2.28. The summed E-state index contributed by atoms with van der Waals surface area (Å²) in [6.45, 7) is 4.64. The zero-order chi connectivity index (χ0) is 14.1. The van der Waals surface area contributed by atoms with Gasteiger partial charge in [-0.2, -0.15) is 0 Å². The van der Waals surface area contributed by atoms with E-state index in [0.29, 0.717) is 13.2 Å². The van der Waals surface area contributed by atoms with Crippen molar-refractivity contribution in [3.05, 3.63) is 57.4 Å². The maximum absolute atomic E-state index is 11.8. The molecule has 0 radical (unpaired) electrons. The Kier molecular flexibility index (Phi) is 3.42. The van der Waals surface area contributed by atoms with Gasteiger partial charge in [0.1, 0.15) is 0 Å². The summed E-state index contributed by atoms with van der Waals surface area (Å²) in [5, 5.41) is 0. The lowest BCUT2D eigenvalue weighted by molar-refractivity contribution is -0.0847. The summed E-state index contributed by atoms with van der Waals surface area (Å²) in [5.41, 5.74) is 0.311. The first-order chi connectivity index (χ1) is 9.69. The number of rotatable bonds is 4. The molecule has 1 aromatic heterocycles. The van der Waals surface area contributed by atoms with E-state index in [2.05, 4.69) is 11.6 Å². The van der Waals surface area contributed by atoms with Gasteiger partial charge < -0.3 is 9.47 Å². The number of allylic oxidation sites excluding steroid dienone is 1. The van der Waals surface area contributed by atoms with Gasteiger partial charge in [-0.1, -0.05) is 12.2 Å². The second-order valence-electron chi connectivity index (χ2n) is 4.97. The molecule has 3 rings (SSSR count). The van der Waals surface area contributed by atoms with Crippen LogP contribution in [0.15, 0.2) is 46.2 Å². The van der Waals surface area contributed by atoms with Crippen LogP contribution in [0.3, 0.4) is 0 Å². The predicted octanol–water partition coefficient (Wildman–Crippen LogP) is 0.583. The van der Waals surface area contributed by atoms with Crippen molar-refractivity contribution in [2.45, 2.75) is 18.8 Å². The number of aromatic nitrogens is 2. The summed E-state index contributed by atoms with van der Waals surface area (Å²) in [6.07, 6.45) is 5.66. The largest absolute Gasteiger partial charge is 0.348 e. The van der Waals surface area contributed by atoms with Gasteiger partial charge in [0.25, 0.3) is 5.56 Å². The van der Waals surface area contributed by atoms with Crippen molar-refractivity contribution >= 4 is 0 Å². The number of nitrogens with one attached hydrogen (secondary N) is 1. The van der Waals surface area contributed by atoms with Gasteiger partial charge in [0.15, 0.2) is 6.29 Å². The van der Waals surface area contributed by atoms with Gasteiger partial charge in [-0.05, 0) is 12.0 Å². The Hall–Kier alpha value is -1.92. The number of ether oxygens (including phenoxy) is 2. The molecule has 1 aromatic rings. The Morgan fingerprint density at radius 1 is 1.55 bits per heavy atom. The van der Waals surface area contributed by atoms with Crippen molar-refractivity contribution in [3.63, 3.8) is 0 Å². The standard InChI is InChI=1S/C14H16N2O4/c1-2-5-19-13-11-7-10(6-9(11)8-20-13)16-4-3-12(17)15-14(16)18/h2-4,7,9-10,13H,1,5-6,8H2,(H,15,17,18)/t9-,10-,13-/m0/s1. The topological polar surface area (TPSA) is 73.3 Å². The molecule has 1 aliphatic carbocycles. The van der Waals surface area contributed by atoms with Crippen LogP contribution in [0.5, 0.6) is 0 Å². The van der Waals surface area contributed by atoms with Crippen LogP contribution >= 0.6 is 0 Å². The van der Waals surface area contributed by atoms with E-state index in [9.17, 15) is 9.59 Å². The average molecular weight is 276 g/mol. The highest BCUT2D eigenvalue weighted by molar-refractivity contribution is 5.23. The van der Waals surface area contributed by atoms with Crippen LogP contribution in [0.1, 0.15) is 12.5 Å². The molecule has 0 unspecified atom stereocenters. The highest BCUT2D eigenvalue weighted by Crippen LogP contribution is 2.40. The minimum Gasteiger partial charge on any atom is -0.348 e. The van der Waals surface area contributed by atoms with Gasteiger partial charge in [-0.15, -0.1) is 6.58 Å². The summed E-state index contributed by atoms with van der Waals surface area (Å²) in [6, 6.07) is 1.30. The van der Waals surface area contributed by atoms with Crippen LogP contribution in [0, 0.1) is 5.92 Å². The molecule has 1 aliphatic heterocycles. The lowest BCUT2D eigenvalue weighted by Gasteiger charge is -2.13. The first-order valence-corrected chi connectivity index (χ1v) is 6.56. The Labute approximate surface area is 115 Å². The molecule has 0 aromatic carbocycles. The average Bonchev–Trinajstić information content (AvgIpc) is 2.97. The zero-order valence-electron chi connectivity index (χ0n) is 11.0. The first kappa shape index (κ1) is 13.1. The fraction of sp³-hybridized carbons (Fsp3) is 0.429. The lowest BCUT2D eigenvalue weighted by atomic mass is 10.0. The van der Waals surface area contributed by atoms with Crippen LogP contribution in [0.4, 0.5) is 0 Å². The minimum atomic E-state index is -0.385. The zero-order valence-corrected chi connectivity index (χ0v) is 11.0. The molecule has 2 heterocycles. The SMILES string of the molecule is C=CCO[C@H]1OC[C@@H]2C[C@H](n3ccc(=O)[nH]c3=O)C=C21. The number of nitrogens with zero attached hydrogens (tertiary/aromatic N) is 1. The van der Waals surface area contributed by atoms with Gasteiger partial charge in [-0.25, -0.2) is 4.79 Å². The van der Waals surface area contributed by atoms with Gasteiger partial charge in [0, 0.05) is 18.2 Å². The van der Waals surface area contributed by atoms with Crippen molar-refractivity contribution in [3.8, 4) is 0 Å². The van der Waals surface area contributed by atoms with E-state index in [1.807, 2.05) is 6.08 Å². The van der Waals surface area contributed by atoms with Crippen molar-refractivity contribution in [2.24, 2.45) is 5.92 Å². The molecule has 1 saturated heterocycles. The Morgan fingerprint density at radius 2 is 2.40 bits per heavy atom. The van der Waals surface area contributed by atoms with Crippen LogP contribution in [-0.2, 0) is 9.47 Å². The molecular formula is C14H16N2O4.